The fraction of sp³-hybridized carbons (Fsp3) is 0.0526. The van der Waals surface area contributed by atoms with Crippen LogP contribution in [0.15, 0.2) is 54.7 Å². The van der Waals surface area contributed by atoms with Crippen LogP contribution < -0.4 is 10.6 Å². The van der Waals surface area contributed by atoms with Gasteiger partial charge in [-0.2, -0.15) is 0 Å². The summed E-state index contributed by atoms with van der Waals surface area (Å²) in [5.41, 5.74) is 1.68. The Bertz CT molecular complexity index is 941. The first kappa shape index (κ1) is 17.5. The van der Waals surface area contributed by atoms with Crippen LogP contribution in [0.1, 0.15) is 15.9 Å². The summed E-state index contributed by atoms with van der Waals surface area (Å²) in [5, 5.41) is 5.48. The van der Waals surface area contributed by atoms with Crippen molar-refractivity contribution in [3.05, 3.63) is 83.3 Å². The third kappa shape index (κ3) is 3.83. The smallest absolute Gasteiger partial charge is 0.258 e. The fourth-order valence-corrected chi connectivity index (χ4v) is 2.23. The molecular formula is C19H14F3N3O. The van der Waals surface area contributed by atoms with Crippen molar-refractivity contribution in [2.24, 2.45) is 0 Å². The molecule has 2 aromatic carbocycles. The second-order valence-corrected chi connectivity index (χ2v) is 5.60. The first-order valence-electron chi connectivity index (χ1n) is 7.68. The number of amides is 1. The lowest BCUT2D eigenvalue weighted by atomic mass is 10.2. The average Bonchev–Trinajstić information content (AvgIpc) is 2.63. The lowest BCUT2D eigenvalue weighted by Gasteiger charge is -2.09. The summed E-state index contributed by atoms with van der Waals surface area (Å²) in [6, 6.07) is 12.5. The molecule has 1 heterocycles. The van der Waals surface area contributed by atoms with E-state index in [0.29, 0.717) is 11.9 Å². The van der Waals surface area contributed by atoms with Crippen molar-refractivity contribution >= 4 is 23.1 Å². The van der Waals surface area contributed by atoms with Gasteiger partial charge in [-0.15, -0.1) is 0 Å². The zero-order chi connectivity index (χ0) is 18.7. The van der Waals surface area contributed by atoms with Crippen molar-refractivity contribution < 1.29 is 18.0 Å². The summed E-state index contributed by atoms with van der Waals surface area (Å²) in [6.45, 7) is 1.98. The summed E-state index contributed by atoms with van der Waals surface area (Å²) >= 11 is 0. The highest BCUT2D eigenvalue weighted by Gasteiger charge is 2.18. The van der Waals surface area contributed by atoms with Crippen molar-refractivity contribution in [3.63, 3.8) is 0 Å². The maximum Gasteiger partial charge on any atom is 0.258 e. The number of carbonyl (C=O) groups excluding carboxylic acids is 1. The summed E-state index contributed by atoms with van der Waals surface area (Å²) < 4.78 is 39.8. The Labute approximate surface area is 147 Å². The van der Waals surface area contributed by atoms with E-state index in [-0.39, 0.29) is 5.69 Å². The average molecular weight is 357 g/mol. The van der Waals surface area contributed by atoms with Crippen molar-refractivity contribution in [2.45, 2.75) is 6.92 Å². The molecule has 0 saturated heterocycles. The van der Waals surface area contributed by atoms with Gasteiger partial charge in [0.25, 0.3) is 5.91 Å². The molecule has 1 amide bonds. The molecule has 0 radical (unpaired) electrons. The van der Waals surface area contributed by atoms with E-state index in [4.69, 9.17) is 0 Å². The van der Waals surface area contributed by atoms with Gasteiger partial charge in [0.05, 0.1) is 17.4 Å². The Morgan fingerprint density at radius 3 is 2.23 bits per heavy atom. The van der Waals surface area contributed by atoms with Gasteiger partial charge in [-0.25, -0.2) is 18.2 Å². The van der Waals surface area contributed by atoms with E-state index in [1.165, 1.54) is 6.20 Å². The van der Waals surface area contributed by atoms with Crippen molar-refractivity contribution in [3.8, 4) is 0 Å². The molecule has 0 atom stereocenters. The molecule has 0 fully saturated rings. The molecule has 3 aromatic rings. The Hall–Kier alpha value is -3.35. The van der Waals surface area contributed by atoms with Gasteiger partial charge in [0, 0.05) is 5.69 Å². The van der Waals surface area contributed by atoms with Crippen LogP contribution in [0, 0.1) is 24.4 Å². The summed E-state index contributed by atoms with van der Waals surface area (Å²) in [7, 11) is 0. The quantitative estimate of drug-likeness (QED) is 0.659. The summed E-state index contributed by atoms with van der Waals surface area (Å²) in [6.07, 6.45) is 1.37. The minimum Gasteiger partial charge on any atom is -0.340 e. The second kappa shape index (κ2) is 7.26. The molecule has 0 spiro atoms. The number of nitrogens with zero attached hydrogens (tertiary/aromatic N) is 1. The number of aromatic nitrogens is 1. The largest absolute Gasteiger partial charge is 0.340 e. The predicted octanol–water partition coefficient (Wildman–Crippen LogP) is 4.80. The minimum absolute atomic E-state index is 0.286. The van der Waals surface area contributed by atoms with Crippen molar-refractivity contribution in [1.29, 1.82) is 0 Å². The van der Waals surface area contributed by atoms with Crippen LogP contribution in [0.3, 0.4) is 0 Å². The normalized spacial score (nSPS) is 10.5. The summed E-state index contributed by atoms with van der Waals surface area (Å²) in [5.74, 6) is -4.93. The number of benzene rings is 2. The highest BCUT2D eigenvalue weighted by Crippen LogP contribution is 2.19. The van der Waals surface area contributed by atoms with Crippen LogP contribution in [0.2, 0.25) is 0 Å². The molecule has 0 bridgehead atoms. The fourth-order valence-electron chi connectivity index (χ4n) is 2.23. The Kier molecular flexibility index (Phi) is 4.88. The molecule has 0 saturated carbocycles. The third-order valence-corrected chi connectivity index (χ3v) is 3.63. The van der Waals surface area contributed by atoms with Gasteiger partial charge >= 0.3 is 0 Å². The molecule has 0 aliphatic heterocycles. The maximum atomic E-state index is 13.6. The Morgan fingerprint density at radius 2 is 1.58 bits per heavy atom. The Balaban J connectivity index is 1.70. The molecule has 0 aliphatic rings. The van der Waals surface area contributed by atoms with E-state index in [1.54, 1.807) is 12.1 Å². The van der Waals surface area contributed by atoms with Gasteiger partial charge in [0.2, 0.25) is 0 Å². The van der Waals surface area contributed by atoms with Crippen molar-refractivity contribution in [1.82, 2.24) is 4.98 Å². The molecule has 3 rings (SSSR count). The van der Waals surface area contributed by atoms with Crippen LogP contribution in [0.5, 0.6) is 0 Å². The van der Waals surface area contributed by atoms with Gasteiger partial charge in [-0.3, -0.25) is 4.79 Å². The lowest BCUT2D eigenvalue weighted by Crippen LogP contribution is -2.15. The molecule has 1 aromatic heterocycles. The van der Waals surface area contributed by atoms with Crippen LogP contribution in [-0.2, 0) is 0 Å². The number of aryl methyl sites for hydroxylation is 1. The van der Waals surface area contributed by atoms with Gasteiger partial charge in [-0.1, -0.05) is 17.7 Å². The highest BCUT2D eigenvalue weighted by atomic mass is 19.2. The molecular weight excluding hydrogens is 343 g/mol. The molecule has 0 aliphatic carbocycles. The number of anilines is 3. The van der Waals surface area contributed by atoms with E-state index in [2.05, 4.69) is 15.6 Å². The highest BCUT2D eigenvalue weighted by molar-refractivity contribution is 6.04. The molecule has 2 N–H and O–H groups in total. The van der Waals surface area contributed by atoms with E-state index < -0.39 is 28.9 Å². The van der Waals surface area contributed by atoms with Crippen LogP contribution in [0.25, 0.3) is 0 Å². The number of hydrogen-bond donors (Lipinski definition) is 2. The SMILES string of the molecule is Cc1ccc(Nc2ccc(NC(=O)c3ccc(F)c(F)c3F)cn2)cc1. The zero-order valence-electron chi connectivity index (χ0n) is 13.7. The van der Waals surface area contributed by atoms with E-state index in [9.17, 15) is 18.0 Å². The van der Waals surface area contributed by atoms with Gasteiger partial charge in [0.1, 0.15) is 5.82 Å². The van der Waals surface area contributed by atoms with E-state index in [1.807, 2.05) is 31.2 Å². The first-order chi connectivity index (χ1) is 12.4. The number of rotatable bonds is 4. The van der Waals surface area contributed by atoms with Crippen molar-refractivity contribution in [2.75, 3.05) is 10.6 Å². The lowest BCUT2D eigenvalue weighted by molar-refractivity contribution is 0.102. The molecule has 26 heavy (non-hydrogen) atoms. The van der Waals surface area contributed by atoms with E-state index in [0.717, 1.165) is 17.3 Å². The van der Waals surface area contributed by atoms with Gasteiger partial charge in [0.15, 0.2) is 17.5 Å². The Morgan fingerprint density at radius 1 is 0.885 bits per heavy atom. The monoisotopic (exact) mass is 357 g/mol. The number of hydrogen-bond acceptors (Lipinski definition) is 3. The topological polar surface area (TPSA) is 54.0 Å². The second-order valence-electron chi connectivity index (χ2n) is 5.60. The standard InChI is InChI=1S/C19H14F3N3O/c1-11-2-4-12(5-3-11)24-16-9-6-13(10-23-16)25-19(26)14-7-8-15(20)18(22)17(14)21/h2-10H,1H3,(H,23,24)(H,25,26). The number of carbonyl (C=O) groups is 1. The van der Waals surface area contributed by atoms with E-state index >= 15 is 0 Å². The van der Waals surface area contributed by atoms with Gasteiger partial charge < -0.3 is 10.6 Å². The predicted molar refractivity (Wildman–Crippen MR) is 93.0 cm³/mol. The summed E-state index contributed by atoms with van der Waals surface area (Å²) in [4.78, 5) is 16.2. The molecule has 4 nitrogen and oxygen atoms in total. The minimum atomic E-state index is -1.69. The molecule has 7 heteroatoms. The number of pyridine rings is 1. The van der Waals surface area contributed by atoms with Crippen LogP contribution in [0.4, 0.5) is 30.4 Å². The zero-order valence-corrected chi connectivity index (χ0v) is 13.7. The number of nitrogens with one attached hydrogen (secondary N) is 2. The van der Waals surface area contributed by atoms with Gasteiger partial charge in [-0.05, 0) is 43.3 Å². The maximum absolute atomic E-state index is 13.6. The third-order valence-electron chi connectivity index (χ3n) is 3.63. The number of halogens is 3. The first-order valence-corrected chi connectivity index (χ1v) is 7.68. The van der Waals surface area contributed by atoms with Crippen LogP contribution >= 0.6 is 0 Å². The van der Waals surface area contributed by atoms with Crippen LogP contribution in [-0.4, -0.2) is 10.9 Å². The molecule has 132 valence electrons. The molecule has 0 unspecified atom stereocenters.